The van der Waals surface area contributed by atoms with E-state index >= 15 is 0 Å². The van der Waals surface area contributed by atoms with E-state index < -0.39 is 11.8 Å². The largest absolute Gasteiger partial charge is 0.507 e. The molecule has 1 N–H and O–H groups in total. The molecule has 0 bridgehead atoms. The second-order valence-electron chi connectivity index (χ2n) is 5.36. The van der Waals surface area contributed by atoms with E-state index in [1.165, 1.54) is 36.6 Å². The van der Waals surface area contributed by atoms with Crippen LogP contribution in [0.4, 0.5) is 4.39 Å². The lowest BCUT2D eigenvalue weighted by Crippen LogP contribution is -2.03. The highest BCUT2D eigenvalue weighted by molar-refractivity contribution is 7.17. The van der Waals surface area contributed by atoms with E-state index in [9.17, 15) is 14.3 Å². The number of thiazole rings is 1. The summed E-state index contributed by atoms with van der Waals surface area (Å²) < 4.78 is 23.9. The van der Waals surface area contributed by atoms with Gasteiger partial charge in [0.2, 0.25) is 0 Å². The van der Waals surface area contributed by atoms with Gasteiger partial charge in [0.05, 0.1) is 19.4 Å². The number of carbonyl (C=O) groups excluding carboxylic acids is 1. The van der Waals surface area contributed by atoms with Gasteiger partial charge in [-0.1, -0.05) is 0 Å². The Kier molecular flexibility index (Phi) is 4.59. The Morgan fingerprint density at radius 2 is 2.08 bits per heavy atom. The van der Waals surface area contributed by atoms with Gasteiger partial charge in [0.15, 0.2) is 11.6 Å². The summed E-state index contributed by atoms with van der Waals surface area (Å²) in [6.45, 7) is 3.74. The van der Waals surface area contributed by atoms with Crippen LogP contribution < -0.4 is 4.74 Å². The fourth-order valence-electron chi connectivity index (χ4n) is 2.53. The average Bonchev–Trinajstić information content (AvgIpc) is 2.96. The summed E-state index contributed by atoms with van der Waals surface area (Å²) in [6, 6.07) is 5.99. The molecule has 0 unspecified atom stereocenters. The number of phenolic OH excluding ortho intramolecular Hbond substituents is 1. The summed E-state index contributed by atoms with van der Waals surface area (Å²) in [5.41, 5.74) is 1.15. The number of hydrogen-bond donors (Lipinski definition) is 1. The number of nitrogens with zero attached hydrogens (tertiary/aromatic N) is 1. The van der Waals surface area contributed by atoms with Crippen molar-refractivity contribution in [1.82, 2.24) is 4.98 Å². The molecule has 7 heteroatoms. The predicted molar refractivity (Wildman–Crippen MR) is 93.9 cm³/mol. The third-order valence-corrected chi connectivity index (χ3v) is 4.89. The summed E-state index contributed by atoms with van der Waals surface area (Å²) >= 11 is 1.17. The third kappa shape index (κ3) is 3.15. The van der Waals surface area contributed by atoms with E-state index in [2.05, 4.69) is 4.98 Å². The highest BCUT2D eigenvalue weighted by atomic mass is 32.1. The molecule has 1 aromatic heterocycles. The first-order chi connectivity index (χ1) is 11.9. The molecule has 0 saturated heterocycles. The van der Waals surface area contributed by atoms with Gasteiger partial charge in [-0.05, 0) is 43.5 Å². The average molecular weight is 361 g/mol. The Hall–Kier alpha value is -2.67. The molecule has 1 heterocycles. The number of esters is 1. The van der Waals surface area contributed by atoms with E-state index in [0.29, 0.717) is 31.9 Å². The molecule has 3 aromatic rings. The first-order valence-electron chi connectivity index (χ1n) is 7.59. The van der Waals surface area contributed by atoms with Crippen LogP contribution in [0.3, 0.4) is 0 Å². The number of aromatic hydroxyl groups is 1. The number of hydrogen-bond acceptors (Lipinski definition) is 6. The number of halogens is 1. The molecule has 25 heavy (non-hydrogen) atoms. The lowest BCUT2D eigenvalue weighted by atomic mass is 10.1. The zero-order chi connectivity index (χ0) is 18.1. The van der Waals surface area contributed by atoms with Crippen LogP contribution in [0.2, 0.25) is 0 Å². The molecule has 0 saturated carbocycles. The van der Waals surface area contributed by atoms with Crippen molar-refractivity contribution in [1.29, 1.82) is 0 Å². The second-order valence-corrected chi connectivity index (χ2v) is 6.36. The normalized spacial score (nSPS) is 10.9. The summed E-state index contributed by atoms with van der Waals surface area (Å²) in [6.07, 6.45) is 0. The van der Waals surface area contributed by atoms with Gasteiger partial charge in [0, 0.05) is 10.9 Å². The van der Waals surface area contributed by atoms with Gasteiger partial charge < -0.3 is 14.6 Å². The van der Waals surface area contributed by atoms with E-state index in [1.54, 1.807) is 19.9 Å². The lowest BCUT2D eigenvalue weighted by molar-refractivity contribution is 0.0531. The second kappa shape index (κ2) is 6.68. The maximum atomic E-state index is 14.0. The molecule has 3 rings (SSSR count). The van der Waals surface area contributed by atoms with Gasteiger partial charge in [-0.3, -0.25) is 0 Å². The number of rotatable bonds is 4. The summed E-state index contributed by atoms with van der Waals surface area (Å²) in [5.74, 6) is -0.903. The standard InChI is InChI=1S/C18H16FNO4S/c1-4-24-18(22)16-9(2)20-17(25-16)11-5-10-6-13(19)15(23-3)8-12(10)14(21)7-11/h5-8,21H,4H2,1-3H3. The van der Waals surface area contributed by atoms with E-state index in [4.69, 9.17) is 9.47 Å². The van der Waals surface area contributed by atoms with Gasteiger partial charge in [-0.2, -0.15) is 0 Å². The highest BCUT2D eigenvalue weighted by Crippen LogP contribution is 2.37. The number of aromatic nitrogens is 1. The fraction of sp³-hybridized carbons (Fsp3) is 0.222. The number of benzene rings is 2. The van der Waals surface area contributed by atoms with Crippen molar-refractivity contribution in [2.45, 2.75) is 13.8 Å². The molecular weight excluding hydrogens is 345 g/mol. The summed E-state index contributed by atoms with van der Waals surface area (Å²) in [4.78, 5) is 16.7. The fourth-order valence-corrected chi connectivity index (χ4v) is 3.48. The maximum absolute atomic E-state index is 14.0. The van der Waals surface area contributed by atoms with Crippen LogP contribution in [0, 0.1) is 12.7 Å². The minimum Gasteiger partial charge on any atom is -0.507 e. The van der Waals surface area contributed by atoms with E-state index in [-0.39, 0.29) is 18.1 Å². The Balaban J connectivity index is 2.11. The minimum atomic E-state index is -0.519. The minimum absolute atomic E-state index is 0.0173. The van der Waals surface area contributed by atoms with Gasteiger partial charge in [0.1, 0.15) is 15.6 Å². The molecular formula is C18H16FNO4S. The molecule has 0 aliphatic rings. The quantitative estimate of drug-likeness (QED) is 0.702. The van der Waals surface area contributed by atoms with Gasteiger partial charge in [-0.25, -0.2) is 14.2 Å². The van der Waals surface area contributed by atoms with Crippen molar-refractivity contribution in [2.75, 3.05) is 13.7 Å². The SMILES string of the molecule is CCOC(=O)c1sc(-c2cc(O)c3cc(OC)c(F)cc3c2)nc1C. The third-order valence-electron chi connectivity index (χ3n) is 3.71. The van der Waals surface area contributed by atoms with Crippen molar-refractivity contribution in [2.24, 2.45) is 0 Å². The summed E-state index contributed by atoms with van der Waals surface area (Å²) in [5, 5.41) is 11.8. The van der Waals surface area contributed by atoms with Crippen LogP contribution in [-0.4, -0.2) is 29.8 Å². The highest BCUT2D eigenvalue weighted by Gasteiger charge is 2.18. The number of aryl methyl sites for hydroxylation is 1. The van der Waals surface area contributed by atoms with Crippen LogP contribution in [0.5, 0.6) is 11.5 Å². The predicted octanol–water partition coefficient (Wildman–Crippen LogP) is 4.30. The van der Waals surface area contributed by atoms with Crippen LogP contribution in [-0.2, 0) is 4.74 Å². The topological polar surface area (TPSA) is 68.7 Å². The van der Waals surface area contributed by atoms with Crippen molar-refractivity contribution in [3.63, 3.8) is 0 Å². The van der Waals surface area contributed by atoms with Crippen molar-refractivity contribution in [3.05, 3.63) is 40.7 Å². The number of fused-ring (bicyclic) bond motifs is 1. The molecule has 0 atom stereocenters. The molecule has 0 aliphatic heterocycles. The van der Waals surface area contributed by atoms with Crippen LogP contribution >= 0.6 is 11.3 Å². The Morgan fingerprint density at radius 1 is 1.32 bits per heavy atom. The van der Waals surface area contributed by atoms with Crippen LogP contribution in [0.15, 0.2) is 24.3 Å². The lowest BCUT2D eigenvalue weighted by Gasteiger charge is -2.08. The molecule has 2 aromatic carbocycles. The van der Waals surface area contributed by atoms with Crippen molar-refractivity contribution >= 4 is 28.1 Å². The van der Waals surface area contributed by atoms with Crippen molar-refractivity contribution < 1.29 is 23.8 Å². The zero-order valence-corrected chi connectivity index (χ0v) is 14.7. The molecule has 0 fully saturated rings. The Labute approximate surface area is 147 Å². The summed E-state index contributed by atoms with van der Waals surface area (Å²) in [7, 11) is 1.37. The Bertz CT molecular complexity index is 967. The van der Waals surface area contributed by atoms with Gasteiger partial charge >= 0.3 is 5.97 Å². The zero-order valence-electron chi connectivity index (χ0n) is 13.9. The first-order valence-corrected chi connectivity index (χ1v) is 8.41. The number of methoxy groups -OCH3 is 1. The first kappa shape index (κ1) is 17.2. The van der Waals surface area contributed by atoms with E-state index in [0.717, 1.165) is 0 Å². The molecule has 0 amide bonds. The molecule has 5 nitrogen and oxygen atoms in total. The molecule has 130 valence electrons. The molecule has 0 spiro atoms. The smallest absolute Gasteiger partial charge is 0.350 e. The number of ether oxygens (including phenoxy) is 2. The monoisotopic (exact) mass is 361 g/mol. The number of phenols is 1. The van der Waals surface area contributed by atoms with Gasteiger partial charge in [-0.15, -0.1) is 11.3 Å². The Morgan fingerprint density at radius 3 is 2.76 bits per heavy atom. The molecule has 0 radical (unpaired) electrons. The van der Waals surface area contributed by atoms with Crippen LogP contribution in [0.25, 0.3) is 21.3 Å². The van der Waals surface area contributed by atoms with Crippen LogP contribution in [0.1, 0.15) is 22.3 Å². The van der Waals surface area contributed by atoms with Gasteiger partial charge in [0.25, 0.3) is 0 Å². The van der Waals surface area contributed by atoms with E-state index in [1.807, 2.05) is 0 Å². The molecule has 0 aliphatic carbocycles. The van der Waals surface area contributed by atoms with Crippen molar-refractivity contribution in [3.8, 4) is 22.1 Å². The maximum Gasteiger partial charge on any atom is 0.350 e. The number of carbonyl (C=O) groups is 1.